The summed E-state index contributed by atoms with van der Waals surface area (Å²) in [6, 6.07) is 25.0. The molecule has 0 bridgehead atoms. The highest BCUT2D eigenvalue weighted by Crippen LogP contribution is 2.26. The highest BCUT2D eigenvalue weighted by atomic mass is 32.2. The van der Waals surface area contributed by atoms with E-state index in [1.807, 2.05) is 30.3 Å². The van der Waals surface area contributed by atoms with Gasteiger partial charge >= 0.3 is 0 Å². The van der Waals surface area contributed by atoms with Gasteiger partial charge in [0, 0.05) is 16.2 Å². The van der Waals surface area contributed by atoms with Gasteiger partial charge in [0.05, 0.1) is 6.04 Å². The molecular formula is C25H25NOS. The van der Waals surface area contributed by atoms with Crippen LogP contribution in [-0.2, 0) is 18.6 Å². The van der Waals surface area contributed by atoms with E-state index >= 15 is 0 Å². The Balaban J connectivity index is 1.35. The van der Waals surface area contributed by atoms with Crippen molar-refractivity contribution >= 4 is 17.7 Å². The van der Waals surface area contributed by atoms with E-state index in [-0.39, 0.29) is 11.9 Å². The predicted octanol–water partition coefficient (Wildman–Crippen LogP) is 5.96. The lowest BCUT2D eigenvalue weighted by atomic mass is 10.0. The lowest BCUT2D eigenvalue weighted by Gasteiger charge is -2.16. The molecule has 1 amide bonds. The van der Waals surface area contributed by atoms with E-state index in [0.717, 1.165) is 12.2 Å². The van der Waals surface area contributed by atoms with Crippen LogP contribution >= 0.6 is 11.8 Å². The topological polar surface area (TPSA) is 29.1 Å². The number of hydrogen-bond acceptors (Lipinski definition) is 2. The second-order valence-electron chi connectivity index (χ2n) is 7.38. The summed E-state index contributed by atoms with van der Waals surface area (Å²) >= 11 is 1.80. The van der Waals surface area contributed by atoms with E-state index < -0.39 is 0 Å². The van der Waals surface area contributed by atoms with E-state index in [1.54, 1.807) is 11.8 Å². The van der Waals surface area contributed by atoms with Gasteiger partial charge in [0.1, 0.15) is 0 Å². The van der Waals surface area contributed by atoms with Gasteiger partial charge in [-0.25, -0.2) is 0 Å². The fourth-order valence-electron chi connectivity index (χ4n) is 3.66. The summed E-state index contributed by atoms with van der Waals surface area (Å²) in [6.07, 6.45) is 3.59. The van der Waals surface area contributed by atoms with E-state index in [0.29, 0.717) is 5.56 Å². The van der Waals surface area contributed by atoms with Crippen LogP contribution in [0, 0.1) is 0 Å². The Labute approximate surface area is 171 Å². The lowest BCUT2D eigenvalue weighted by molar-refractivity contribution is 0.0940. The van der Waals surface area contributed by atoms with Crippen molar-refractivity contribution in [2.75, 3.05) is 0 Å². The van der Waals surface area contributed by atoms with E-state index in [4.69, 9.17) is 0 Å². The van der Waals surface area contributed by atoms with Crippen molar-refractivity contribution in [1.82, 2.24) is 5.32 Å². The molecule has 1 atom stereocenters. The molecule has 0 fully saturated rings. The molecule has 3 aromatic carbocycles. The Hall–Kier alpha value is -2.52. The second-order valence-corrected chi connectivity index (χ2v) is 8.42. The SMILES string of the molecule is C[C@H](NC(=O)c1ccc(CSc2ccccc2)cc1)c1ccc2c(c1)CCC2. The molecule has 0 aromatic heterocycles. The highest BCUT2D eigenvalue weighted by Gasteiger charge is 2.15. The van der Waals surface area contributed by atoms with Crippen molar-refractivity contribution in [3.8, 4) is 0 Å². The van der Waals surface area contributed by atoms with Gasteiger partial charge in [-0.1, -0.05) is 48.5 Å². The summed E-state index contributed by atoms with van der Waals surface area (Å²) < 4.78 is 0. The van der Waals surface area contributed by atoms with Crippen molar-refractivity contribution in [2.45, 2.75) is 42.9 Å². The summed E-state index contributed by atoms with van der Waals surface area (Å²) in [5.41, 5.74) is 6.02. The van der Waals surface area contributed by atoms with Crippen molar-refractivity contribution in [3.05, 3.63) is 101 Å². The molecule has 2 nitrogen and oxygen atoms in total. The van der Waals surface area contributed by atoms with Gasteiger partial charge in [-0.05, 0) is 72.7 Å². The van der Waals surface area contributed by atoms with Crippen LogP contribution < -0.4 is 5.32 Å². The first-order chi connectivity index (χ1) is 13.7. The van der Waals surface area contributed by atoms with E-state index in [1.165, 1.54) is 40.0 Å². The van der Waals surface area contributed by atoms with E-state index in [9.17, 15) is 4.79 Å². The van der Waals surface area contributed by atoms with Crippen LogP contribution in [0.1, 0.15) is 52.0 Å². The monoisotopic (exact) mass is 387 g/mol. The quantitative estimate of drug-likeness (QED) is 0.529. The lowest BCUT2D eigenvalue weighted by Crippen LogP contribution is -2.26. The third-order valence-corrected chi connectivity index (χ3v) is 6.42. The summed E-state index contributed by atoms with van der Waals surface area (Å²) in [4.78, 5) is 13.9. The average Bonchev–Trinajstić information content (AvgIpc) is 3.21. The number of thioether (sulfide) groups is 1. The normalized spacial score (nSPS) is 13.8. The summed E-state index contributed by atoms with van der Waals surface area (Å²) in [5.74, 6) is 0.882. The number of carbonyl (C=O) groups excluding carboxylic acids is 1. The predicted molar refractivity (Wildman–Crippen MR) is 117 cm³/mol. The maximum absolute atomic E-state index is 12.6. The maximum Gasteiger partial charge on any atom is 0.251 e. The van der Waals surface area contributed by atoms with Gasteiger partial charge < -0.3 is 5.32 Å². The molecule has 142 valence electrons. The number of aryl methyl sites for hydroxylation is 2. The molecule has 3 aromatic rings. The van der Waals surface area contributed by atoms with Crippen molar-refractivity contribution in [2.24, 2.45) is 0 Å². The van der Waals surface area contributed by atoms with Crippen molar-refractivity contribution in [1.29, 1.82) is 0 Å². The fourth-order valence-corrected chi connectivity index (χ4v) is 4.54. The van der Waals surface area contributed by atoms with E-state index in [2.05, 4.69) is 54.7 Å². The molecule has 1 N–H and O–H groups in total. The highest BCUT2D eigenvalue weighted by molar-refractivity contribution is 7.98. The molecule has 3 heteroatoms. The zero-order chi connectivity index (χ0) is 19.3. The molecule has 1 aliphatic carbocycles. The third kappa shape index (κ3) is 4.48. The largest absolute Gasteiger partial charge is 0.346 e. The molecule has 0 radical (unpaired) electrons. The summed E-state index contributed by atoms with van der Waals surface area (Å²) in [7, 11) is 0. The van der Waals surface area contributed by atoms with Gasteiger partial charge in [0.15, 0.2) is 0 Å². The van der Waals surface area contributed by atoms with Crippen LogP contribution in [0.5, 0.6) is 0 Å². The minimum atomic E-state index is -0.0183. The Kier molecular flexibility index (Phi) is 5.82. The standard InChI is InChI=1S/C25H25NOS/c1-18(22-15-14-20-6-5-7-23(20)16-22)26-25(27)21-12-10-19(11-13-21)17-28-24-8-3-2-4-9-24/h2-4,8-16,18H,5-7,17H2,1H3,(H,26,27)/t18-/m0/s1. The summed E-state index contributed by atoms with van der Waals surface area (Å²) in [5, 5.41) is 3.14. The van der Waals surface area contributed by atoms with Gasteiger partial charge in [0.25, 0.3) is 5.91 Å². The number of nitrogens with one attached hydrogen (secondary N) is 1. The molecule has 0 spiro atoms. The number of benzene rings is 3. The smallest absolute Gasteiger partial charge is 0.251 e. The minimum Gasteiger partial charge on any atom is -0.346 e. The zero-order valence-corrected chi connectivity index (χ0v) is 17.0. The van der Waals surface area contributed by atoms with Crippen LogP contribution in [0.2, 0.25) is 0 Å². The molecule has 0 saturated heterocycles. The Morgan fingerprint density at radius 1 is 0.964 bits per heavy atom. The van der Waals surface area contributed by atoms with Crippen LogP contribution in [-0.4, -0.2) is 5.91 Å². The molecule has 4 rings (SSSR count). The van der Waals surface area contributed by atoms with Gasteiger partial charge in [-0.15, -0.1) is 11.8 Å². The first-order valence-electron chi connectivity index (χ1n) is 9.88. The summed E-state index contributed by atoms with van der Waals surface area (Å²) in [6.45, 7) is 2.06. The number of rotatable bonds is 6. The Morgan fingerprint density at radius 2 is 1.71 bits per heavy atom. The Morgan fingerprint density at radius 3 is 2.50 bits per heavy atom. The number of fused-ring (bicyclic) bond motifs is 1. The van der Waals surface area contributed by atoms with Gasteiger partial charge in [0.2, 0.25) is 0 Å². The zero-order valence-electron chi connectivity index (χ0n) is 16.2. The van der Waals surface area contributed by atoms with Crippen molar-refractivity contribution < 1.29 is 4.79 Å². The molecule has 0 aliphatic heterocycles. The average molecular weight is 388 g/mol. The van der Waals surface area contributed by atoms with Crippen LogP contribution in [0.25, 0.3) is 0 Å². The second kappa shape index (κ2) is 8.66. The number of carbonyl (C=O) groups is 1. The minimum absolute atomic E-state index is 0.00622. The van der Waals surface area contributed by atoms with Gasteiger partial charge in [-0.2, -0.15) is 0 Å². The number of hydrogen-bond donors (Lipinski definition) is 1. The van der Waals surface area contributed by atoms with Crippen LogP contribution in [0.4, 0.5) is 0 Å². The Bertz CT molecular complexity index is 950. The van der Waals surface area contributed by atoms with Crippen molar-refractivity contribution in [3.63, 3.8) is 0 Å². The molecule has 0 saturated carbocycles. The molecule has 0 unspecified atom stereocenters. The molecule has 1 aliphatic rings. The third-order valence-electron chi connectivity index (χ3n) is 5.33. The fraction of sp³-hybridized carbons (Fsp3) is 0.240. The molecular weight excluding hydrogens is 362 g/mol. The van der Waals surface area contributed by atoms with Crippen LogP contribution in [0.15, 0.2) is 77.7 Å². The van der Waals surface area contributed by atoms with Crippen LogP contribution in [0.3, 0.4) is 0 Å². The first kappa shape index (κ1) is 18.8. The first-order valence-corrected chi connectivity index (χ1v) is 10.9. The van der Waals surface area contributed by atoms with Gasteiger partial charge in [-0.3, -0.25) is 4.79 Å². The molecule has 0 heterocycles. The molecule has 28 heavy (non-hydrogen) atoms. The number of amides is 1. The maximum atomic E-state index is 12.6.